The second-order valence-corrected chi connectivity index (χ2v) is 5.33. The zero-order valence-electron chi connectivity index (χ0n) is 11.6. The second-order valence-electron chi connectivity index (χ2n) is 5.33. The van der Waals surface area contributed by atoms with E-state index in [1.807, 2.05) is 17.8 Å². The highest BCUT2D eigenvalue weighted by Gasteiger charge is 2.20. The molecule has 0 unspecified atom stereocenters. The van der Waals surface area contributed by atoms with Crippen molar-refractivity contribution in [3.05, 3.63) is 42.0 Å². The molecule has 0 atom stereocenters. The van der Waals surface area contributed by atoms with Gasteiger partial charge in [-0.1, -0.05) is 0 Å². The average Bonchev–Trinajstić information content (AvgIpc) is 2.83. The Morgan fingerprint density at radius 2 is 1.85 bits per heavy atom. The third kappa shape index (κ3) is 2.41. The van der Waals surface area contributed by atoms with Gasteiger partial charge in [0.25, 0.3) is 0 Å². The Morgan fingerprint density at radius 3 is 2.50 bits per heavy atom. The molecule has 5 heteroatoms. The van der Waals surface area contributed by atoms with Crippen LogP contribution in [0.15, 0.2) is 30.5 Å². The lowest BCUT2D eigenvalue weighted by Gasteiger charge is -2.31. The fraction of sp³-hybridized carbons (Fsp3) is 0.400. The topological polar surface area (TPSA) is 47.1 Å². The number of nitrogens with zero attached hydrogens (tertiary/aromatic N) is 3. The van der Waals surface area contributed by atoms with Crippen molar-refractivity contribution >= 4 is 5.69 Å². The van der Waals surface area contributed by atoms with Crippen LogP contribution in [0.5, 0.6) is 0 Å². The zero-order valence-corrected chi connectivity index (χ0v) is 11.6. The summed E-state index contributed by atoms with van der Waals surface area (Å²) < 4.78 is 14.8. The number of anilines is 1. The molecule has 2 aromatic rings. The standard InChI is InChI=1S/C15H19FN4/c1-11-15(19-8-6-13(17)7-9-19)10-18-20(11)14-4-2-12(16)3-5-14/h2-5,10,13H,6-9,17H2,1H3. The Kier molecular flexibility index (Phi) is 3.44. The molecule has 20 heavy (non-hydrogen) atoms. The molecule has 0 aliphatic carbocycles. The van der Waals surface area contributed by atoms with E-state index in [2.05, 4.69) is 10.00 Å². The number of piperidine rings is 1. The lowest BCUT2D eigenvalue weighted by atomic mass is 10.1. The summed E-state index contributed by atoms with van der Waals surface area (Å²) in [6.07, 6.45) is 3.91. The van der Waals surface area contributed by atoms with Crippen LogP contribution in [-0.2, 0) is 0 Å². The largest absolute Gasteiger partial charge is 0.369 e. The molecule has 0 saturated carbocycles. The van der Waals surface area contributed by atoms with Crippen molar-refractivity contribution in [2.24, 2.45) is 5.73 Å². The monoisotopic (exact) mass is 274 g/mol. The first kappa shape index (κ1) is 13.1. The number of hydrogen-bond acceptors (Lipinski definition) is 3. The molecule has 1 saturated heterocycles. The van der Waals surface area contributed by atoms with Crippen LogP contribution in [0.3, 0.4) is 0 Å². The van der Waals surface area contributed by atoms with Crippen molar-refractivity contribution in [1.82, 2.24) is 9.78 Å². The molecular weight excluding hydrogens is 255 g/mol. The van der Waals surface area contributed by atoms with Crippen LogP contribution in [0, 0.1) is 12.7 Å². The molecule has 1 aliphatic heterocycles. The molecule has 106 valence electrons. The summed E-state index contributed by atoms with van der Waals surface area (Å²) in [5.41, 5.74) is 9.04. The summed E-state index contributed by atoms with van der Waals surface area (Å²) in [4.78, 5) is 2.33. The van der Waals surface area contributed by atoms with Gasteiger partial charge in [0.15, 0.2) is 0 Å². The van der Waals surface area contributed by atoms with Gasteiger partial charge in [-0.15, -0.1) is 0 Å². The molecule has 0 radical (unpaired) electrons. The average molecular weight is 274 g/mol. The van der Waals surface area contributed by atoms with Crippen molar-refractivity contribution in [3.63, 3.8) is 0 Å². The second kappa shape index (κ2) is 5.25. The molecule has 3 rings (SSSR count). The number of nitrogens with two attached hydrogens (primary N) is 1. The van der Waals surface area contributed by atoms with Gasteiger partial charge in [0.2, 0.25) is 0 Å². The molecule has 1 aromatic heterocycles. The first-order valence-corrected chi connectivity index (χ1v) is 6.96. The van der Waals surface area contributed by atoms with Crippen LogP contribution in [0.2, 0.25) is 0 Å². The van der Waals surface area contributed by atoms with Gasteiger partial charge in [-0.2, -0.15) is 5.10 Å². The van der Waals surface area contributed by atoms with Crippen LogP contribution in [0.4, 0.5) is 10.1 Å². The Labute approximate surface area is 118 Å². The molecule has 4 nitrogen and oxygen atoms in total. The van der Waals surface area contributed by atoms with Gasteiger partial charge in [0.05, 0.1) is 23.3 Å². The van der Waals surface area contributed by atoms with Crippen molar-refractivity contribution in [2.45, 2.75) is 25.8 Å². The van der Waals surface area contributed by atoms with Gasteiger partial charge in [-0.05, 0) is 44.0 Å². The molecular formula is C15H19FN4. The first-order valence-electron chi connectivity index (χ1n) is 6.96. The summed E-state index contributed by atoms with van der Waals surface area (Å²) in [7, 11) is 0. The van der Waals surface area contributed by atoms with E-state index in [9.17, 15) is 4.39 Å². The van der Waals surface area contributed by atoms with E-state index in [1.165, 1.54) is 12.1 Å². The lowest BCUT2D eigenvalue weighted by molar-refractivity contribution is 0.501. The van der Waals surface area contributed by atoms with Crippen molar-refractivity contribution in [2.75, 3.05) is 18.0 Å². The molecule has 1 aromatic carbocycles. The predicted molar refractivity (Wildman–Crippen MR) is 77.7 cm³/mol. The fourth-order valence-corrected chi connectivity index (χ4v) is 2.69. The maximum absolute atomic E-state index is 13.0. The normalized spacial score (nSPS) is 16.6. The maximum atomic E-state index is 13.0. The highest BCUT2D eigenvalue weighted by atomic mass is 19.1. The molecule has 1 aliphatic rings. The predicted octanol–water partition coefficient (Wildman–Crippen LogP) is 2.25. The summed E-state index contributed by atoms with van der Waals surface area (Å²) in [6.45, 7) is 3.98. The van der Waals surface area contributed by atoms with Crippen LogP contribution in [-0.4, -0.2) is 28.9 Å². The first-order chi connectivity index (χ1) is 9.65. The Hall–Kier alpha value is -1.88. The van der Waals surface area contributed by atoms with Gasteiger partial charge in [0, 0.05) is 19.1 Å². The van der Waals surface area contributed by atoms with E-state index in [-0.39, 0.29) is 5.82 Å². The van der Waals surface area contributed by atoms with E-state index in [0.717, 1.165) is 43.0 Å². The fourth-order valence-electron chi connectivity index (χ4n) is 2.69. The Bertz CT molecular complexity index is 582. The molecule has 0 bridgehead atoms. The van der Waals surface area contributed by atoms with Crippen LogP contribution >= 0.6 is 0 Å². The summed E-state index contributed by atoms with van der Waals surface area (Å²) in [6, 6.07) is 6.71. The van der Waals surface area contributed by atoms with Crippen molar-refractivity contribution < 1.29 is 4.39 Å². The smallest absolute Gasteiger partial charge is 0.123 e. The highest BCUT2D eigenvalue weighted by molar-refractivity contribution is 5.52. The maximum Gasteiger partial charge on any atom is 0.123 e. The minimum Gasteiger partial charge on any atom is -0.369 e. The van der Waals surface area contributed by atoms with Gasteiger partial charge < -0.3 is 10.6 Å². The van der Waals surface area contributed by atoms with Crippen LogP contribution in [0.1, 0.15) is 18.5 Å². The molecule has 0 amide bonds. The summed E-state index contributed by atoms with van der Waals surface area (Å²) in [5, 5.41) is 4.43. The SMILES string of the molecule is Cc1c(N2CCC(N)CC2)cnn1-c1ccc(F)cc1. The molecule has 1 fully saturated rings. The number of halogens is 1. The van der Waals surface area contributed by atoms with Gasteiger partial charge in [0.1, 0.15) is 5.82 Å². The van der Waals surface area contributed by atoms with E-state index in [0.29, 0.717) is 6.04 Å². The van der Waals surface area contributed by atoms with Crippen LogP contribution in [0.25, 0.3) is 5.69 Å². The van der Waals surface area contributed by atoms with E-state index < -0.39 is 0 Å². The minimum atomic E-state index is -0.233. The number of rotatable bonds is 2. The lowest BCUT2D eigenvalue weighted by Crippen LogP contribution is -2.39. The Balaban J connectivity index is 1.87. The third-order valence-electron chi connectivity index (χ3n) is 3.94. The van der Waals surface area contributed by atoms with Gasteiger partial charge in [-0.25, -0.2) is 9.07 Å². The van der Waals surface area contributed by atoms with E-state index >= 15 is 0 Å². The van der Waals surface area contributed by atoms with Gasteiger partial charge >= 0.3 is 0 Å². The van der Waals surface area contributed by atoms with E-state index in [4.69, 9.17) is 5.73 Å². The summed E-state index contributed by atoms with van der Waals surface area (Å²) >= 11 is 0. The Morgan fingerprint density at radius 1 is 1.20 bits per heavy atom. The number of benzene rings is 1. The molecule has 2 N–H and O–H groups in total. The van der Waals surface area contributed by atoms with Crippen LogP contribution < -0.4 is 10.6 Å². The zero-order chi connectivity index (χ0) is 14.1. The highest BCUT2D eigenvalue weighted by Crippen LogP contribution is 2.25. The molecule has 2 heterocycles. The minimum absolute atomic E-state index is 0.233. The van der Waals surface area contributed by atoms with Crippen molar-refractivity contribution in [1.29, 1.82) is 0 Å². The van der Waals surface area contributed by atoms with Crippen molar-refractivity contribution in [3.8, 4) is 5.69 Å². The molecule has 0 spiro atoms. The number of hydrogen-bond donors (Lipinski definition) is 1. The summed E-state index contributed by atoms with van der Waals surface area (Å²) in [5.74, 6) is -0.233. The third-order valence-corrected chi connectivity index (χ3v) is 3.94. The van der Waals surface area contributed by atoms with Gasteiger partial charge in [-0.3, -0.25) is 0 Å². The number of aromatic nitrogens is 2. The quantitative estimate of drug-likeness (QED) is 0.913. The van der Waals surface area contributed by atoms with E-state index in [1.54, 1.807) is 12.1 Å².